The lowest BCUT2D eigenvalue weighted by atomic mass is 10.2. The highest BCUT2D eigenvalue weighted by Crippen LogP contribution is 2.31. The van der Waals surface area contributed by atoms with E-state index in [-0.39, 0.29) is 24.5 Å². The van der Waals surface area contributed by atoms with Crippen LogP contribution in [0.4, 0.5) is 47.3 Å². The Labute approximate surface area is 179 Å². The highest BCUT2D eigenvalue weighted by molar-refractivity contribution is 5.89. The Morgan fingerprint density at radius 2 is 1.03 bits per heavy atom. The molecule has 2 aromatic rings. The van der Waals surface area contributed by atoms with Crippen LogP contribution in [0.2, 0.25) is 0 Å². The van der Waals surface area contributed by atoms with Crippen molar-refractivity contribution < 1.29 is 35.9 Å². The number of carbonyl (C=O) groups excluding carboxylic acids is 2. The first-order valence-electron chi connectivity index (χ1n) is 9.39. The fourth-order valence-electron chi connectivity index (χ4n) is 2.55. The SMILES string of the molecule is O=C(NCCCCNC(=O)Nc1cccc(C(F)(F)F)c1)Nc1cccc(C(F)(F)F)c1. The zero-order valence-electron chi connectivity index (χ0n) is 16.5. The first-order chi connectivity index (χ1) is 14.9. The van der Waals surface area contributed by atoms with Crippen molar-refractivity contribution in [2.75, 3.05) is 23.7 Å². The number of carbonyl (C=O) groups is 2. The zero-order valence-corrected chi connectivity index (χ0v) is 16.5. The molecule has 0 bridgehead atoms. The van der Waals surface area contributed by atoms with Crippen molar-refractivity contribution in [3.63, 3.8) is 0 Å². The molecule has 0 unspecified atom stereocenters. The van der Waals surface area contributed by atoms with Gasteiger partial charge < -0.3 is 21.3 Å². The van der Waals surface area contributed by atoms with Gasteiger partial charge in [-0.15, -0.1) is 0 Å². The molecule has 0 aliphatic heterocycles. The number of anilines is 2. The van der Waals surface area contributed by atoms with Crippen LogP contribution in [0.3, 0.4) is 0 Å². The monoisotopic (exact) mass is 462 g/mol. The first-order valence-corrected chi connectivity index (χ1v) is 9.39. The second kappa shape index (κ2) is 10.7. The largest absolute Gasteiger partial charge is 0.416 e. The van der Waals surface area contributed by atoms with Gasteiger partial charge in [-0.2, -0.15) is 26.3 Å². The number of rotatable bonds is 7. The molecule has 6 nitrogen and oxygen atoms in total. The maximum Gasteiger partial charge on any atom is 0.416 e. The van der Waals surface area contributed by atoms with Gasteiger partial charge in [-0.1, -0.05) is 12.1 Å². The predicted molar refractivity (Wildman–Crippen MR) is 106 cm³/mol. The van der Waals surface area contributed by atoms with Crippen molar-refractivity contribution in [1.29, 1.82) is 0 Å². The highest BCUT2D eigenvalue weighted by atomic mass is 19.4. The molecular weight excluding hydrogens is 442 g/mol. The van der Waals surface area contributed by atoms with Crippen molar-refractivity contribution in [2.45, 2.75) is 25.2 Å². The summed E-state index contributed by atoms with van der Waals surface area (Å²) in [5.74, 6) is 0. The Hall–Kier alpha value is -3.44. The molecule has 0 aliphatic rings. The fraction of sp³-hybridized carbons (Fsp3) is 0.300. The van der Waals surface area contributed by atoms with Crippen LogP contribution in [0.25, 0.3) is 0 Å². The number of halogens is 6. The Kier molecular flexibility index (Phi) is 8.33. The van der Waals surface area contributed by atoms with E-state index in [0.29, 0.717) is 12.8 Å². The summed E-state index contributed by atoms with van der Waals surface area (Å²) in [5.41, 5.74) is -1.79. The van der Waals surface area contributed by atoms with Crippen molar-refractivity contribution >= 4 is 23.4 Å². The van der Waals surface area contributed by atoms with Crippen molar-refractivity contribution in [3.8, 4) is 0 Å². The zero-order chi connectivity index (χ0) is 23.8. The molecule has 12 heteroatoms. The van der Waals surface area contributed by atoms with E-state index in [9.17, 15) is 35.9 Å². The van der Waals surface area contributed by atoms with Crippen LogP contribution in [-0.4, -0.2) is 25.2 Å². The smallest absolute Gasteiger partial charge is 0.338 e. The molecule has 0 fully saturated rings. The van der Waals surface area contributed by atoms with Gasteiger partial charge in [0.1, 0.15) is 0 Å². The second-order valence-electron chi connectivity index (χ2n) is 6.63. The van der Waals surface area contributed by atoms with Crippen molar-refractivity contribution in [2.24, 2.45) is 0 Å². The van der Waals surface area contributed by atoms with Crippen LogP contribution in [-0.2, 0) is 12.4 Å². The van der Waals surface area contributed by atoms with Gasteiger partial charge in [0.05, 0.1) is 11.1 Å². The lowest BCUT2D eigenvalue weighted by Gasteiger charge is -2.11. The lowest BCUT2D eigenvalue weighted by molar-refractivity contribution is -0.138. The third kappa shape index (κ3) is 8.36. The molecule has 0 radical (unpaired) electrons. The maximum absolute atomic E-state index is 12.7. The van der Waals surface area contributed by atoms with E-state index in [1.165, 1.54) is 24.3 Å². The predicted octanol–water partition coefficient (Wildman–Crippen LogP) is 5.45. The first kappa shape index (κ1) is 24.8. The van der Waals surface area contributed by atoms with E-state index in [2.05, 4.69) is 21.3 Å². The Morgan fingerprint density at radius 3 is 1.38 bits per heavy atom. The van der Waals surface area contributed by atoms with Gasteiger partial charge in [-0.3, -0.25) is 0 Å². The maximum atomic E-state index is 12.7. The topological polar surface area (TPSA) is 82.3 Å². The molecular formula is C20H20F6N4O2. The van der Waals surface area contributed by atoms with E-state index in [1.54, 1.807) is 0 Å². The van der Waals surface area contributed by atoms with Crippen LogP contribution >= 0.6 is 0 Å². The van der Waals surface area contributed by atoms with E-state index < -0.39 is 35.5 Å². The third-order valence-electron chi connectivity index (χ3n) is 4.07. The van der Waals surface area contributed by atoms with Gasteiger partial charge in [0.15, 0.2) is 0 Å². The number of hydrogen-bond acceptors (Lipinski definition) is 2. The van der Waals surface area contributed by atoms with Crippen LogP contribution in [0.15, 0.2) is 48.5 Å². The highest BCUT2D eigenvalue weighted by Gasteiger charge is 2.31. The minimum absolute atomic E-state index is 0.00902. The van der Waals surface area contributed by atoms with Crippen molar-refractivity contribution in [3.05, 3.63) is 59.7 Å². The number of unbranched alkanes of at least 4 members (excludes halogenated alkanes) is 1. The Balaban J connectivity index is 1.64. The second-order valence-corrected chi connectivity index (χ2v) is 6.63. The number of alkyl halides is 6. The minimum Gasteiger partial charge on any atom is -0.338 e. The molecule has 0 heterocycles. The number of amides is 4. The molecule has 174 valence electrons. The Morgan fingerprint density at radius 1 is 0.656 bits per heavy atom. The van der Waals surface area contributed by atoms with Gasteiger partial charge >= 0.3 is 24.4 Å². The van der Waals surface area contributed by atoms with Crippen molar-refractivity contribution in [1.82, 2.24) is 10.6 Å². The van der Waals surface area contributed by atoms with Gasteiger partial charge in [-0.05, 0) is 49.2 Å². The van der Waals surface area contributed by atoms with E-state index in [4.69, 9.17) is 0 Å². The number of benzene rings is 2. The summed E-state index contributed by atoms with van der Waals surface area (Å²) in [5, 5.41) is 9.54. The molecule has 4 N–H and O–H groups in total. The van der Waals surface area contributed by atoms with E-state index in [0.717, 1.165) is 24.3 Å². The summed E-state index contributed by atoms with van der Waals surface area (Å²) >= 11 is 0. The fourth-order valence-corrected chi connectivity index (χ4v) is 2.55. The Bertz CT molecular complexity index is 855. The van der Waals surface area contributed by atoms with Gasteiger partial charge in [0, 0.05) is 24.5 Å². The molecule has 0 atom stereocenters. The van der Waals surface area contributed by atoms with Crippen LogP contribution in [0.5, 0.6) is 0 Å². The van der Waals surface area contributed by atoms with Gasteiger partial charge in [0.25, 0.3) is 0 Å². The molecule has 0 saturated heterocycles. The number of hydrogen-bond donors (Lipinski definition) is 4. The van der Waals surface area contributed by atoms with Crippen LogP contribution < -0.4 is 21.3 Å². The molecule has 4 amide bonds. The molecule has 2 aromatic carbocycles. The summed E-state index contributed by atoms with van der Waals surface area (Å²) in [7, 11) is 0. The summed E-state index contributed by atoms with van der Waals surface area (Å²) in [6, 6.07) is 7.03. The average molecular weight is 462 g/mol. The summed E-state index contributed by atoms with van der Waals surface area (Å²) < 4.78 is 76.0. The van der Waals surface area contributed by atoms with Gasteiger partial charge in [-0.25, -0.2) is 9.59 Å². The number of nitrogens with one attached hydrogen (secondary N) is 4. The molecule has 32 heavy (non-hydrogen) atoms. The molecule has 0 aromatic heterocycles. The summed E-state index contributed by atoms with van der Waals surface area (Å²) in [4.78, 5) is 23.5. The lowest BCUT2D eigenvalue weighted by Crippen LogP contribution is -2.32. The van der Waals surface area contributed by atoms with Gasteiger partial charge in [0.2, 0.25) is 0 Å². The molecule has 0 spiro atoms. The normalized spacial score (nSPS) is 11.6. The standard InChI is InChI=1S/C20H20F6N4O2/c21-19(22,23)13-5-3-7-15(11-13)29-17(31)27-9-1-2-10-28-18(32)30-16-8-4-6-14(12-16)20(24,25)26/h3-8,11-12H,1-2,9-10H2,(H2,27,29,31)(H2,28,30,32). The summed E-state index contributed by atoms with van der Waals surface area (Å²) in [6.07, 6.45) is -8.15. The molecule has 0 aliphatic carbocycles. The van der Waals surface area contributed by atoms with E-state index >= 15 is 0 Å². The van der Waals surface area contributed by atoms with Crippen LogP contribution in [0.1, 0.15) is 24.0 Å². The quantitative estimate of drug-likeness (QED) is 0.326. The minimum atomic E-state index is -4.52. The molecule has 2 rings (SSSR count). The number of urea groups is 2. The third-order valence-corrected chi connectivity index (χ3v) is 4.07. The summed E-state index contributed by atoms with van der Waals surface area (Å²) in [6.45, 7) is 0.392. The van der Waals surface area contributed by atoms with Crippen LogP contribution in [0, 0.1) is 0 Å². The average Bonchev–Trinajstić information content (AvgIpc) is 2.69. The van der Waals surface area contributed by atoms with E-state index in [1.807, 2.05) is 0 Å². The molecule has 0 saturated carbocycles.